The highest BCUT2D eigenvalue weighted by atomic mass is 35.5. The van der Waals surface area contributed by atoms with Gasteiger partial charge in [0, 0.05) is 5.56 Å². The normalized spacial score (nSPS) is 15.6. The second kappa shape index (κ2) is 6.45. The number of carbonyl (C=O) groups excluding carboxylic acids is 2. The summed E-state index contributed by atoms with van der Waals surface area (Å²) in [4.78, 5) is 24.6. The number of ether oxygens (including phenoxy) is 1. The number of para-hydroxylation sites is 1. The molecule has 0 aromatic heterocycles. The van der Waals surface area contributed by atoms with Gasteiger partial charge >= 0.3 is 0 Å². The Morgan fingerprint density at radius 1 is 1.28 bits per heavy atom. The van der Waals surface area contributed by atoms with Gasteiger partial charge in [-0.2, -0.15) is 0 Å². The molecule has 2 N–H and O–H groups in total. The van der Waals surface area contributed by atoms with E-state index in [1.807, 2.05) is 0 Å². The summed E-state index contributed by atoms with van der Waals surface area (Å²) >= 11 is 5.71. The lowest BCUT2D eigenvalue weighted by atomic mass is 10.1. The molecule has 0 spiro atoms. The predicted molar refractivity (Wildman–Crippen MR) is 89.7 cm³/mol. The topological polar surface area (TPSA) is 78.9 Å². The van der Waals surface area contributed by atoms with Crippen molar-refractivity contribution in [2.45, 2.75) is 0 Å². The summed E-state index contributed by atoms with van der Waals surface area (Å²) < 4.78 is 18.3. The molecule has 0 aliphatic carbocycles. The molecule has 0 bridgehead atoms. The summed E-state index contributed by atoms with van der Waals surface area (Å²) in [7, 11) is 1.39. The zero-order valence-corrected chi connectivity index (χ0v) is 13.7. The number of benzene rings is 2. The first kappa shape index (κ1) is 16.8. The smallest absolute Gasteiger partial charge is 0.282 e. The molecule has 1 aliphatic heterocycles. The van der Waals surface area contributed by atoms with Crippen molar-refractivity contribution in [3.63, 3.8) is 0 Å². The molecule has 128 valence electrons. The third-order valence-corrected chi connectivity index (χ3v) is 3.89. The maximum absolute atomic E-state index is 13.3. The van der Waals surface area contributed by atoms with Crippen LogP contribution in [0.5, 0.6) is 11.5 Å². The van der Waals surface area contributed by atoms with Crippen LogP contribution in [0.3, 0.4) is 0 Å². The van der Waals surface area contributed by atoms with E-state index in [9.17, 15) is 19.1 Å². The van der Waals surface area contributed by atoms with Crippen LogP contribution in [0, 0.1) is 5.82 Å². The zero-order valence-electron chi connectivity index (χ0n) is 12.9. The number of phenols is 1. The van der Waals surface area contributed by atoms with Crippen LogP contribution >= 0.6 is 11.6 Å². The number of hydrogen-bond donors (Lipinski definition) is 2. The van der Waals surface area contributed by atoms with Crippen LogP contribution in [0.15, 0.2) is 42.0 Å². The lowest BCUT2D eigenvalue weighted by Crippen LogP contribution is -2.35. The van der Waals surface area contributed by atoms with E-state index in [4.69, 9.17) is 16.3 Å². The Labute approximate surface area is 147 Å². The SMILES string of the molecule is COc1cccc(/C=C2/C(=O)NN(c3ccc(F)c(Cl)c3)C2=O)c1O. The van der Waals surface area contributed by atoms with Crippen LogP contribution in [0.25, 0.3) is 6.08 Å². The third kappa shape index (κ3) is 3.01. The number of carbonyl (C=O) groups is 2. The second-order valence-corrected chi connectivity index (χ2v) is 5.54. The fourth-order valence-electron chi connectivity index (χ4n) is 2.34. The summed E-state index contributed by atoms with van der Waals surface area (Å²) in [6.45, 7) is 0. The average Bonchev–Trinajstić information content (AvgIpc) is 2.87. The Hall–Kier alpha value is -3.06. The number of rotatable bonds is 3. The molecule has 0 saturated carbocycles. The van der Waals surface area contributed by atoms with E-state index >= 15 is 0 Å². The van der Waals surface area contributed by atoms with Crippen LogP contribution in [0.4, 0.5) is 10.1 Å². The van der Waals surface area contributed by atoms with Gasteiger partial charge in [0.05, 0.1) is 17.8 Å². The predicted octanol–water partition coefficient (Wildman–Crippen LogP) is 2.65. The number of phenolic OH excluding ortho intramolecular Hbond substituents is 1. The molecule has 8 heteroatoms. The number of hydrazine groups is 1. The molecule has 1 saturated heterocycles. The minimum Gasteiger partial charge on any atom is -0.504 e. The van der Waals surface area contributed by atoms with Gasteiger partial charge in [-0.1, -0.05) is 23.7 Å². The molecule has 0 radical (unpaired) electrons. The van der Waals surface area contributed by atoms with E-state index in [1.165, 1.54) is 31.4 Å². The Morgan fingerprint density at radius 3 is 2.72 bits per heavy atom. The first-order valence-corrected chi connectivity index (χ1v) is 7.48. The van der Waals surface area contributed by atoms with Gasteiger partial charge in [0.1, 0.15) is 11.4 Å². The number of methoxy groups -OCH3 is 1. The Kier molecular flexibility index (Phi) is 4.33. The molecule has 1 heterocycles. The van der Waals surface area contributed by atoms with Crippen molar-refractivity contribution in [1.82, 2.24) is 5.43 Å². The molecule has 25 heavy (non-hydrogen) atoms. The van der Waals surface area contributed by atoms with Crippen molar-refractivity contribution >= 4 is 35.2 Å². The van der Waals surface area contributed by atoms with E-state index in [0.29, 0.717) is 0 Å². The van der Waals surface area contributed by atoms with Gasteiger partial charge in [-0.3, -0.25) is 15.0 Å². The molecule has 3 rings (SSSR count). The van der Waals surface area contributed by atoms with Crippen molar-refractivity contribution in [3.8, 4) is 11.5 Å². The second-order valence-electron chi connectivity index (χ2n) is 5.14. The van der Waals surface area contributed by atoms with Gasteiger partial charge in [-0.15, -0.1) is 0 Å². The standard InChI is InChI=1S/C17H12ClFN2O4/c1-25-14-4-2-3-9(15(14)22)7-11-16(23)20-21(17(11)24)10-5-6-13(19)12(18)8-10/h2-8,22H,1H3,(H,20,23)/b11-7-. The zero-order chi connectivity index (χ0) is 18.1. The number of hydrogen-bond acceptors (Lipinski definition) is 4. The molecule has 2 aromatic carbocycles. The number of anilines is 1. The number of nitrogens with zero attached hydrogens (tertiary/aromatic N) is 1. The van der Waals surface area contributed by atoms with Crippen molar-refractivity contribution in [2.24, 2.45) is 0 Å². The summed E-state index contributed by atoms with van der Waals surface area (Å²) in [6.07, 6.45) is 1.25. The van der Waals surface area contributed by atoms with Crippen molar-refractivity contribution in [3.05, 3.63) is 58.4 Å². The number of aromatic hydroxyl groups is 1. The summed E-state index contributed by atoms with van der Waals surface area (Å²) in [5.41, 5.74) is 2.64. The average molecular weight is 363 g/mol. The van der Waals surface area contributed by atoms with Gasteiger partial charge < -0.3 is 9.84 Å². The van der Waals surface area contributed by atoms with Gasteiger partial charge in [0.2, 0.25) is 0 Å². The molecular weight excluding hydrogens is 351 g/mol. The lowest BCUT2D eigenvalue weighted by molar-refractivity contribution is -0.117. The minimum absolute atomic E-state index is 0.178. The highest BCUT2D eigenvalue weighted by Gasteiger charge is 2.35. The van der Waals surface area contributed by atoms with Crippen LogP contribution < -0.4 is 15.2 Å². The Bertz CT molecular complexity index is 914. The summed E-state index contributed by atoms with van der Waals surface area (Å²) in [5.74, 6) is -1.94. The monoisotopic (exact) mass is 362 g/mol. The molecule has 1 fully saturated rings. The third-order valence-electron chi connectivity index (χ3n) is 3.60. The summed E-state index contributed by atoms with van der Waals surface area (Å²) in [5, 5.41) is 10.9. The Morgan fingerprint density at radius 2 is 2.04 bits per heavy atom. The van der Waals surface area contributed by atoms with Crippen LogP contribution in [-0.2, 0) is 9.59 Å². The molecule has 2 aromatic rings. The van der Waals surface area contributed by atoms with Crippen LogP contribution in [0.1, 0.15) is 5.56 Å². The first-order chi connectivity index (χ1) is 11.9. The Balaban J connectivity index is 1.98. The van der Waals surface area contributed by atoms with Crippen LogP contribution in [-0.4, -0.2) is 24.0 Å². The largest absolute Gasteiger partial charge is 0.504 e. The molecular formula is C17H12ClFN2O4. The van der Waals surface area contributed by atoms with Crippen molar-refractivity contribution < 1.29 is 23.8 Å². The number of halogens is 2. The summed E-state index contributed by atoms with van der Waals surface area (Å²) in [6, 6.07) is 8.31. The first-order valence-electron chi connectivity index (χ1n) is 7.10. The molecule has 0 atom stereocenters. The molecule has 2 amide bonds. The fraction of sp³-hybridized carbons (Fsp3) is 0.0588. The quantitative estimate of drug-likeness (QED) is 0.650. The van der Waals surface area contributed by atoms with Gasteiger partial charge in [-0.25, -0.2) is 9.40 Å². The van der Waals surface area contributed by atoms with E-state index in [2.05, 4.69) is 5.43 Å². The fourth-order valence-corrected chi connectivity index (χ4v) is 2.51. The van der Waals surface area contributed by atoms with Crippen molar-refractivity contribution in [2.75, 3.05) is 12.1 Å². The molecule has 0 unspecified atom stereocenters. The van der Waals surface area contributed by atoms with E-state index in [1.54, 1.807) is 12.1 Å². The maximum atomic E-state index is 13.3. The van der Waals surface area contributed by atoms with Crippen molar-refractivity contribution in [1.29, 1.82) is 0 Å². The van der Waals surface area contributed by atoms with Gasteiger partial charge in [-0.05, 0) is 30.3 Å². The van der Waals surface area contributed by atoms with E-state index in [0.717, 1.165) is 11.1 Å². The highest BCUT2D eigenvalue weighted by Crippen LogP contribution is 2.32. The number of nitrogens with one attached hydrogen (secondary N) is 1. The molecule has 1 aliphatic rings. The number of amides is 2. The molecule has 6 nitrogen and oxygen atoms in total. The van der Waals surface area contributed by atoms with Crippen LogP contribution in [0.2, 0.25) is 5.02 Å². The maximum Gasteiger partial charge on any atom is 0.282 e. The van der Waals surface area contributed by atoms with E-state index < -0.39 is 17.6 Å². The van der Waals surface area contributed by atoms with Gasteiger partial charge in [0.25, 0.3) is 11.8 Å². The lowest BCUT2D eigenvalue weighted by Gasteiger charge is -2.14. The highest BCUT2D eigenvalue weighted by molar-refractivity contribution is 6.33. The van der Waals surface area contributed by atoms with E-state index in [-0.39, 0.29) is 33.3 Å². The minimum atomic E-state index is -0.660. The van der Waals surface area contributed by atoms with Gasteiger partial charge in [0.15, 0.2) is 11.5 Å².